The Balaban J connectivity index is 1.58. The molecule has 136 valence electrons. The fourth-order valence-corrected chi connectivity index (χ4v) is 3.34. The van der Waals surface area contributed by atoms with E-state index in [9.17, 15) is 14.4 Å². The summed E-state index contributed by atoms with van der Waals surface area (Å²) in [6.07, 6.45) is 1.79. The van der Waals surface area contributed by atoms with Crippen molar-refractivity contribution in [3.8, 4) is 0 Å². The molecule has 0 spiro atoms. The van der Waals surface area contributed by atoms with Crippen LogP contribution in [-0.2, 0) is 13.6 Å². The minimum atomic E-state index is -0.672. The Kier molecular flexibility index (Phi) is 4.12. The van der Waals surface area contributed by atoms with E-state index in [1.54, 1.807) is 30.5 Å². The van der Waals surface area contributed by atoms with Crippen LogP contribution in [0.4, 0.5) is 0 Å². The maximum Gasteiger partial charge on any atom is 0.316 e. The van der Waals surface area contributed by atoms with Gasteiger partial charge in [-0.25, -0.2) is 0 Å². The summed E-state index contributed by atoms with van der Waals surface area (Å²) in [6, 6.07) is 14.8. The predicted octanol–water partition coefficient (Wildman–Crippen LogP) is 1.61. The van der Waals surface area contributed by atoms with Gasteiger partial charge in [-0.3, -0.25) is 14.4 Å². The molecule has 0 fully saturated rings. The van der Waals surface area contributed by atoms with Gasteiger partial charge in [0.2, 0.25) is 0 Å². The van der Waals surface area contributed by atoms with E-state index in [1.165, 1.54) is 4.57 Å². The Bertz CT molecular complexity index is 1280. The fraction of sp³-hybridized carbons (Fsp3) is 0.150. The van der Waals surface area contributed by atoms with Crippen LogP contribution in [0.15, 0.2) is 64.3 Å². The minimum absolute atomic E-state index is 0.208. The smallest absolute Gasteiger partial charge is 0.316 e. The summed E-state index contributed by atoms with van der Waals surface area (Å²) in [7, 11) is 1.89. The van der Waals surface area contributed by atoms with Crippen molar-refractivity contribution in [1.29, 1.82) is 0 Å². The number of fused-ring (bicyclic) bond motifs is 2. The number of aryl methyl sites for hydroxylation is 1. The molecule has 0 radical (unpaired) electrons. The van der Waals surface area contributed by atoms with E-state index >= 15 is 0 Å². The zero-order valence-corrected chi connectivity index (χ0v) is 14.7. The number of hydrogen-bond acceptors (Lipinski definition) is 3. The third-order valence-corrected chi connectivity index (χ3v) is 4.64. The molecular formula is C20H18N4O3. The Morgan fingerprint density at radius 1 is 1.04 bits per heavy atom. The number of aromatic amines is 1. The van der Waals surface area contributed by atoms with Crippen molar-refractivity contribution in [2.24, 2.45) is 7.05 Å². The molecule has 0 atom stereocenters. The molecule has 27 heavy (non-hydrogen) atoms. The average molecular weight is 362 g/mol. The number of benzene rings is 2. The predicted molar refractivity (Wildman–Crippen MR) is 104 cm³/mol. The van der Waals surface area contributed by atoms with Crippen LogP contribution in [0, 0.1) is 0 Å². The first-order valence-corrected chi connectivity index (χ1v) is 8.60. The van der Waals surface area contributed by atoms with Crippen LogP contribution in [0.2, 0.25) is 0 Å². The van der Waals surface area contributed by atoms with Crippen molar-refractivity contribution in [1.82, 2.24) is 19.4 Å². The third kappa shape index (κ3) is 2.93. The first-order valence-electron chi connectivity index (χ1n) is 8.60. The lowest BCUT2D eigenvalue weighted by atomic mass is 10.1. The molecule has 0 unspecified atom stereocenters. The normalized spacial score (nSPS) is 11.1. The largest absolute Gasteiger partial charge is 0.350 e. The summed E-state index contributed by atoms with van der Waals surface area (Å²) >= 11 is 0. The first-order chi connectivity index (χ1) is 13.1. The Morgan fingerprint density at radius 2 is 1.74 bits per heavy atom. The van der Waals surface area contributed by atoms with Gasteiger partial charge in [0.25, 0.3) is 5.91 Å². The number of amides is 1. The van der Waals surface area contributed by atoms with Gasteiger partial charge < -0.3 is 19.4 Å². The van der Waals surface area contributed by atoms with Gasteiger partial charge in [0.15, 0.2) is 0 Å². The van der Waals surface area contributed by atoms with Crippen molar-refractivity contribution in [2.75, 3.05) is 6.54 Å². The minimum Gasteiger partial charge on any atom is -0.350 e. The molecule has 0 aliphatic rings. The molecular weight excluding hydrogens is 344 g/mol. The van der Waals surface area contributed by atoms with Gasteiger partial charge in [-0.05, 0) is 18.2 Å². The highest BCUT2D eigenvalue weighted by Crippen LogP contribution is 2.20. The monoisotopic (exact) mass is 362 g/mol. The van der Waals surface area contributed by atoms with Gasteiger partial charge >= 0.3 is 11.1 Å². The van der Waals surface area contributed by atoms with Crippen molar-refractivity contribution < 1.29 is 4.79 Å². The van der Waals surface area contributed by atoms with Crippen LogP contribution >= 0.6 is 0 Å². The summed E-state index contributed by atoms with van der Waals surface area (Å²) in [5.41, 5.74) is 1.46. The molecule has 0 aliphatic heterocycles. The Labute approximate surface area is 153 Å². The van der Waals surface area contributed by atoms with Crippen LogP contribution in [-0.4, -0.2) is 26.6 Å². The average Bonchev–Trinajstić information content (AvgIpc) is 3.02. The van der Waals surface area contributed by atoms with Crippen LogP contribution < -0.4 is 16.4 Å². The van der Waals surface area contributed by atoms with Gasteiger partial charge in [-0.1, -0.05) is 30.3 Å². The van der Waals surface area contributed by atoms with E-state index in [0.29, 0.717) is 16.6 Å². The van der Waals surface area contributed by atoms with E-state index in [0.717, 1.165) is 10.9 Å². The SMILES string of the molecule is Cn1cc(C(=O)NCCn2c(=O)c(=O)[nH]c3ccccc32)c2ccccc21. The molecule has 4 rings (SSSR count). The summed E-state index contributed by atoms with van der Waals surface area (Å²) in [6.45, 7) is 0.440. The maximum atomic E-state index is 12.6. The molecule has 0 saturated carbocycles. The molecule has 2 aromatic heterocycles. The van der Waals surface area contributed by atoms with E-state index in [-0.39, 0.29) is 19.0 Å². The second-order valence-electron chi connectivity index (χ2n) is 6.35. The lowest BCUT2D eigenvalue weighted by Crippen LogP contribution is -2.39. The Hall–Kier alpha value is -3.61. The molecule has 0 bridgehead atoms. The van der Waals surface area contributed by atoms with E-state index < -0.39 is 11.1 Å². The number of nitrogens with one attached hydrogen (secondary N) is 2. The lowest BCUT2D eigenvalue weighted by Gasteiger charge is -2.10. The van der Waals surface area contributed by atoms with Crippen molar-refractivity contribution >= 4 is 27.8 Å². The number of aromatic nitrogens is 3. The second-order valence-corrected chi connectivity index (χ2v) is 6.35. The highest BCUT2D eigenvalue weighted by molar-refractivity contribution is 6.06. The quantitative estimate of drug-likeness (QED) is 0.541. The van der Waals surface area contributed by atoms with Gasteiger partial charge in [0.05, 0.1) is 16.6 Å². The lowest BCUT2D eigenvalue weighted by molar-refractivity contribution is 0.0954. The number of hydrogen-bond donors (Lipinski definition) is 2. The van der Waals surface area contributed by atoms with Gasteiger partial charge in [-0.2, -0.15) is 0 Å². The van der Waals surface area contributed by atoms with Crippen molar-refractivity contribution in [3.05, 3.63) is 81.0 Å². The Morgan fingerprint density at radius 3 is 2.56 bits per heavy atom. The van der Waals surface area contributed by atoms with Crippen LogP contribution in [0.25, 0.3) is 21.9 Å². The number of carbonyl (C=O) groups excluding carboxylic acids is 1. The highest BCUT2D eigenvalue weighted by Gasteiger charge is 2.13. The highest BCUT2D eigenvalue weighted by atomic mass is 16.2. The van der Waals surface area contributed by atoms with Crippen LogP contribution in [0.3, 0.4) is 0 Å². The molecule has 2 aromatic carbocycles. The van der Waals surface area contributed by atoms with Gasteiger partial charge in [0.1, 0.15) is 0 Å². The van der Waals surface area contributed by atoms with E-state index in [2.05, 4.69) is 10.3 Å². The zero-order chi connectivity index (χ0) is 19.0. The molecule has 0 saturated heterocycles. The second kappa shape index (κ2) is 6.60. The third-order valence-electron chi connectivity index (χ3n) is 4.64. The molecule has 1 amide bonds. The van der Waals surface area contributed by atoms with E-state index in [1.807, 2.05) is 35.9 Å². The number of carbonyl (C=O) groups is 1. The topological polar surface area (TPSA) is 88.9 Å². The summed E-state index contributed by atoms with van der Waals surface area (Å²) in [5.74, 6) is -0.214. The first kappa shape index (κ1) is 16.8. The molecule has 2 heterocycles. The van der Waals surface area contributed by atoms with Gasteiger partial charge in [0, 0.05) is 37.2 Å². The van der Waals surface area contributed by atoms with Gasteiger partial charge in [-0.15, -0.1) is 0 Å². The molecule has 2 N–H and O–H groups in total. The maximum absolute atomic E-state index is 12.6. The molecule has 4 aromatic rings. The zero-order valence-electron chi connectivity index (χ0n) is 14.7. The van der Waals surface area contributed by atoms with E-state index in [4.69, 9.17) is 0 Å². The molecule has 7 heteroatoms. The molecule has 0 aliphatic carbocycles. The summed E-state index contributed by atoms with van der Waals surface area (Å²) in [4.78, 5) is 39.2. The standard InChI is InChI=1S/C20H18N4O3/c1-23-12-14(13-6-2-4-8-16(13)23)18(25)21-10-11-24-17-9-5-3-7-15(17)22-19(26)20(24)27/h2-9,12H,10-11H2,1H3,(H,21,25)(H,22,26). The summed E-state index contributed by atoms with van der Waals surface area (Å²) < 4.78 is 3.29. The summed E-state index contributed by atoms with van der Waals surface area (Å²) in [5, 5.41) is 3.71. The van der Waals surface area contributed by atoms with Crippen molar-refractivity contribution in [2.45, 2.75) is 6.54 Å². The number of rotatable bonds is 4. The van der Waals surface area contributed by atoms with Crippen molar-refractivity contribution in [3.63, 3.8) is 0 Å². The number of H-pyrrole nitrogens is 1. The van der Waals surface area contributed by atoms with Crippen LogP contribution in [0.1, 0.15) is 10.4 Å². The molecule has 7 nitrogen and oxygen atoms in total. The number of nitrogens with zero attached hydrogens (tertiary/aromatic N) is 2. The number of para-hydroxylation sites is 3. The fourth-order valence-electron chi connectivity index (χ4n) is 3.34. The van der Waals surface area contributed by atoms with Crippen LogP contribution in [0.5, 0.6) is 0 Å².